The molecule has 0 aliphatic heterocycles. The van der Waals surface area contributed by atoms with Crippen molar-refractivity contribution in [3.63, 3.8) is 0 Å². The highest BCUT2D eigenvalue weighted by molar-refractivity contribution is 7.10. The van der Waals surface area contributed by atoms with Gasteiger partial charge in [-0.2, -0.15) is 0 Å². The number of carbonyl (C=O) groups excluding carboxylic acids is 1. The van der Waals surface area contributed by atoms with E-state index in [1.165, 1.54) is 16.0 Å². The summed E-state index contributed by atoms with van der Waals surface area (Å²) in [4.78, 5) is 13.6. The quantitative estimate of drug-likeness (QED) is 0.768. The van der Waals surface area contributed by atoms with E-state index in [1.807, 2.05) is 11.4 Å². The molecule has 0 radical (unpaired) electrons. The standard InChI is InChI=1S/C19H25NOS/c1-5-17-11-16(12-22-17)19(21)20-18(6-2)15-9-7-14(8-10-15)13(3)4/h7-13,18H,5-6H2,1-4H3,(H,20,21)/t18-/m1/s1. The monoisotopic (exact) mass is 315 g/mol. The van der Waals surface area contributed by atoms with Crippen molar-refractivity contribution in [1.82, 2.24) is 5.32 Å². The van der Waals surface area contributed by atoms with Crippen molar-refractivity contribution in [1.29, 1.82) is 0 Å². The van der Waals surface area contributed by atoms with Crippen molar-refractivity contribution in [2.75, 3.05) is 0 Å². The predicted molar refractivity (Wildman–Crippen MR) is 94.7 cm³/mol. The highest BCUT2D eigenvalue weighted by atomic mass is 32.1. The Balaban J connectivity index is 2.09. The summed E-state index contributed by atoms with van der Waals surface area (Å²) in [6, 6.07) is 10.7. The zero-order chi connectivity index (χ0) is 16.1. The number of carbonyl (C=O) groups is 1. The summed E-state index contributed by atoms with van der Waals surface area (Å²) in [5.74, 6) is 0.553. The first kappa shape index (κ1) is 16.8. The largest absolute Gasteiger partial charge is 0.345 e. The minimum Gasteiger partial charge on any atom is -0.345 e. The van der Waals surface area contributed by atoms with Crippen LogP contribution < -0.4 is 5.32 Å². The molecule has 1 aromatic carbocycles. The highest BCUT2D eigenvalue weighted by Crippen LogP contribution is 2.22. The SMILES string of the molecule is CCc1cc(C(=O)N[C@H](CC)c2ccc(C(C)C)cc2)cs1. The van der Waals surface area contributed by atoms with Crippen molar-refractivity contribution < 1.29 is 4.79 Å². The fourth-order valence-electron chi connectivity index (χ4n) is 2.46. The zero-order valence-corrected chi connectivity index (χ0v) is 14.7. The molecule has 0 aliphatic carbocycles. The van der Waals surface area contributed by atoms with E-state index in [-0.39, 0.29) is 11.9 Å². The number of aryl methyl sites for hydroxylation is 1. The molecule has 0 fully saturated rings. The molecule has 2 rings (SSSR count). The predicted octanol–water partition coefficient (Wildman–Crippen LogP) is 5.32. The van der Waals surface area contributed by atoms with Gasteiger partial charge in [-0.05, 0) is 36.0 Å². The van der Waals surface area contributed by atoms with E-state index in [4.69, 9.17) is 0 Å². The Morgan fingerprint density at radius 2 is 1.77 bits per heavy atom. The number of benzene rings is 1. The van der Waals surface area contributed by atoms with Crippen molar-refractivity contribution in [3.8, 4) is 0 Å². The Hall–Kier alpha value is -1.61. The minimum atomic E-state index is 0.0238. The van der Waals surface area contributed by atoms with Gasteiger partial charge in [-0.1, -0.05) is 52.0 Å². The van der Waals surface area contributed by atoms with Crippen LogP contribution >= 0.6 is 11.3 Å². The van der Waals surface area contributed by atoms with Gasteiger partial charge in [-0.25, -0.2) is 0 Å². The Morgan fingerprint density at radius 1 is 1.14 bits per heavy atom. The second-order valence-corrected chi connectivity index (χ2v) is 6.91. The first-order valence-electron chi connectivity index (χ1n) is 8.03. The molecule has 1 amide bonds. The fourth-order valence-corrected chi connectivity index (χ4v) is 3.28. The maximum atomic E-state index is 12.4. The summed E-state index contributed by atoms with van der Waals surface area (Å²) in [6.45, 7) is 8.59. The molecule has 0 unspecified atom stereocenters. The van der Waals surface area contributed by atoms with Crippen LogP contribution in [-0.2, 0) is 6.42 Å². The molecule has 3 heteroatoms. The lowest BCUT2D eigenvalue weighted by atomic mass is 9.98. The maximum Gasteiger partial charge on any atom is 0.252 e. The summed E-state index contributed by atoms with van der Waals surface area (Å²) < 4.78 is 0. The maximum absolute atomic E-state index is 12.4. The average Bonchev–Trinajstić information content (AvgIpc) is 3.01. The molecule has 1 aromatic heterocycles. The summed E-state index contributed by atoms with van der Waals surface area (Å²) in [5, 5.41) is 5.10. The van der Waals surface area contributed by atoms with Gasteiger partial charge < -0.3 is 5.32 Å². The van der Waals surface area contributed by atoms with Crippen LogP contribution in [0.1, 0.15) is 72.4 Å². The third-order valence-corrected chi connectivity index (χ3v) is 5.06. The minimum absolute atomic E-state index is 0.0238. The van der Waals surface area contributed by atoms with E-state index < -0.39 is 0 Å². The van der Waals surface area contributed by atoms with Crippen molar-refractivity contribution in [3.05, 3.63) is 57.3 Å². The number of amides is 1. The molecule has 0 saturated carbocycles. The van der Waals surface area contributed by atoms with Crippen molar-refractivity contribution in [2.24, 2.45) is 0 Å². The van der Waals surface area contributed by atoms with Crippen molar-refractivity contribution in [2.45, 2.75) is 52.5 Å². The zero-order valence-electron chi connectivity index (χ0n) is 13.8. The normalized spacial score (nSPS) is 12.4. The number of nitrogens with one attached hydrogen (secondary N) is 1. The molecule has 1 atom stereocenters. The molecule has 118 valence electrons. The van der Waals surface area contributed by atoms with Crippen LogP contribution in [-0.4, -0.2) is 5.91 Å². The lowest BCUT2D eigenvalue weighted by molar-refractivity contribution is 0.0936. The Bertz CT molecular complexity index is 613. The van der Waals surface area contributed by atoms with Gasteiger partial charge in [-0.3, -0.25) is 4.79 Å². The number of hydrogen-bond acceptors (Lipinski definition) is 2. The van der Waals surface area contributed by atoms with Gasteiger partial charge >= 0.3 is 0 Å². The lowest BCUT2D eigenvalue weighted by Crippen LogP contribution is -2.27. The van der Waals surface area contributed by atoms with Crippen LogP contribution in [0.4, 0.5) is 0 Å². The van der Waals surface area contributed by atoms with Crippen LogP contribution in [0.3, 0.4) is 0 Å². The second-order valence-electron chi connectivity index (χ2n) is 5.91. The summed E-state index contributed by atoms with van der Waals surface area (Å²) in [6.07, 6.45) is 1.86. The van der Waals surface area contributed by atoms with E-state index in [9.17, 15) is 4.79 Å². The second kappa shape index (κ2) is 7.59. The molecule has 0 spiro atoms. The number of thiophene rings is 1. The number of rotatable bonds is 6. The summed E-state index contributed by atoms with van der Waals surface area (Å²) in [7, 11) is 0. The Kier molecular flexibility index (Phi) is 5.78. The van der Waals surface area contributed by atoms with Crippen LogP contribution in [0.25, 0.3) is 0 Å². The van der Waals surface area contributed by atoms with Gasteiger partial charge in [0.05, 0.1) is 11.6 Å². The van der Waals surface area contributed by atoms with Crippen LogP contribution in [0.15, 0.2) is 35.7 Å². The number of hydrogen-bond donors (Lipinski definition) is 1. The van der Waals surface area contributed by atoms with Gasteiger partial charge in [0, 0.05) is 10.3 Å². The molecule has 2 nitrogen and oxygen atoms in total. The smallest absolute Gasteiger partial charge is 0.252 e. The lowest BCUT2D eigenvalue weighted by Gasteiger charge is -2.18. The first-order chi connectivity index (χ1) is 10.5. The molecular formula is C19H25NOS. The van der Waals surface area contributed by atoms with Gasteiger partial charge in [0.1, 0.15) is 0 Å². The van der Waals surface area contributed by atoms with Gasteiger partial charge in [0.15, 0.2) is 0 Å². The van der Waals surface area contributed by atoms with E-state index in [1.54, 1.807) is 11.3 Å². The Labute approximate surface area is 137 Å². The van der Waals surface area contributed by atoms with E-state index in [0.29, 0.717) is 5.92 Å². The summed E-state index contributed by atoms with van der Waals surface area (Å²) >= 11 is 1.65. The third kappa shape index (κ3) is 3.98. The molecular weight excluding hydrogens is 290 g/mol. The molecule has 1 heterocycles. The summed E-state index contributed by atoms with van der Waals surface area (Å²) in [5.41, 5.74) is 3.28. The molecule has 22 heavy (non-hydrogen) atoms. The molecule has 0 saturated heterocycles. The van der Waals surface area contributed by atoms with Gasteiger partial charge in [0.2, 0.25) is 0 Å². The third-order valence-electron chi connectivity index (χ3n) is 3.98. The van der Waals surface area contributed by atoms with Gasteiger partial charge in [0.25, 0.3) is 5.91 Å². The van der Waals surface area contributed by atoms with Crippen molar-refractivity contribution >= 4 is 17.2 Å². The Morgan fingerprint density at radius 3 is 2.27 bits per heavy atom. The van der Waals surface area contributed by atoms with Crippen LogP contribution in [0.2, 0.25) is 0 Å². The average molecular weight is 315 g/mol. The molecule has 2 aromatic rings. The molecule has 0 bridgehead atoms. The van der Waals surface area contributed by atoms with E-state index >= 15 is 0 Å². The highest BCUT2D eigenvalue weighted by Gasteiger charge is 2.15. The topological polar surface area (TPSA) is 29.1 Å². The van der Waals surface area contributed by atoms with Crippen LogP contribution in [0.5, 0.6) is 0 Å². The van der Waals surface area contributed by atoms with E-state index in [0.717, 1.165) is 18.4 Å². The van der Waals surface area contributed by atoms with E-state index in [2.05, 4.69) is 57.3 Å². The fraction of sp³-hybridized carbons (Fsp3) is 0.421. The van der Waals surface area contributed by atoms with Crippen LogP contribution in [0, 0.1) is 0 Å². The van der Waals surface area contributed by atoms with Gasteiger partial charge in [-0.15, -0.1) is 11.3 Å². The molecule has 1 N–H and O–H groups in total. The first-order valence-corrected chi connectivity index (χ1v) is 8.91. The molecule has 0 aliphatic rings.